The lowest BCUT2D eigenvalue weighted by atomic mass is 10.2. The molecule has 1 heterocycles. The van der Waals surface area contributed by atoms with E-state index in [9.17, 15) is 5.11 Å². The number of aromatic hydroxyl groups is 1. The van der Waals surface area contributed by atoms with E-state index in [1.807, 2.05) is 12.1 Å². The van der Waals surface area contributed by atoms with Crippen molar-refractivity contribution in [2.75, 3.05) is 53.4 Å². The third-order valence-corrected chi connectivity index (χ3v) is 4.44. The Morgan fingerprint density at radius 1 is 1.29 bits per heavy atom. The van der Waals surface area contributed by atoms with Crippen LogP contribution in [0.25, 0.3) is 0 Å². The molecule has 118 valence electrons. The second-order valence-corrected chi connectivity index (χ2v) is 6.30. The van der Waals surface area contributed by atoms with Gasteiger partial charge in [-0.1, -0.05) is 0 Å². The summed E-state index contributed by atoms with van der Waals surface area (Å²) in [5, 5.41) is 13.2. The molecule has 0 atom stereocenters. The number of methoxy groups -OCH3 is 1. The number of benzene rings is 1. The van der Waals surface area contributed by atoms with Gasteiger partial charge < -0.3 is 20.1 Å². The normalized spacial score (nSPS) is 17.1. The molecule has 0 spiro atoms. The lowest BCUT2D eigenvalue weighted by Gasteiger charge is -2.32. The summed E-state index contributed by atoms with van der Waals surface area (Å²) in [6.07, 6.45) is 0. The number of ether oxygens (including phenoxy) is 1. The Morgan fingerprint density at radius 2 is 2.00 bits per heavy atom. The molecular formula is C15H24BrN3O2. The Kier molecular flexibility index (Phi) is 6.29. The first-order valence-corrected chi connectivity index (χ1v) is 8.06. The molecule has 0 radical (unpaired) electrons. The minimum Gasteiger partial charge on any atom is -0.503 e. The van der Waals surface area contributed by atoms with E-state index in [-0.39, 0.29) is 5.75 Å². The Hall–Kier alpha value is -0.820. The summed E-state index contributed by atoms with van der Waals surface area (Å²) in [4.78, 5) is 4.85. The lowest BCUT2D eigenvalue weighted by molar-refractivity contribution is 0.154. The van der Waals surface area contributed by atoms with Crippen LogP contribution in [0.1, 0.15) is 5.56 Å². The lowest BCUT2D eigenvalue weighted by Crippen LogP contribution is -2.46. The number of nitrogens with zero attached hydrogens (tertiary/aromatic N) is 2. The second kappa shape index (κ2) is 7.98. The second-order valence-electron chi connectivity index (χ2n) is 5.45. The van der Waals surface area contributed by atoms with Crippen LogP contribution in [0, 0.1) is 0 Å². The van der Waals surface area contributed by atoms with E-state index < -0.39 is 0 Å². The number of likely N-dealkylation sites (N-methyl/N-ethyl adjacent to an activating group) is 1. The highest BCUT2D eigenvalue weighted by molar-refractivity contribution is 9.10. The van der Waals surface area contributed by atoms with Crippen LogP contribution in [0.3, 0.4) is 0 Å². The van der Waals surface area contributed by atoms with E-state index in [2.05, 4.69) is 38.1 Å². The van der Waals surface area contributed by atoms with Gasteiger partial charge in [0.05, 0.1) is 11.6 Å². The fraction of sp³-hybridized carbons (Fsp3) is 0.600. The van der Waals surface area contributed by atoms with Crippen molar-refractivity contribution in [1.29, 1.82) is 0 Å². The first-order valence-electron chi connectivity index (χ1n) is 7.27. The predicted molar refractivity (Wildman–Crippen MR) is 88.0 cm³/mol. The maximum Gasteiger partial charge on any atom is 0.172 e. The van der Waals surface area contributed by atoms with Crippen LogP contribution in [0.2, 0.25) is 0 Å². The number of nitrogens with one attached hydrogen (secondary N) is 1. The van der Waals surface area contributed by atoms with E-state index in [0.717, 1.165) is 51.4 Å². The van der Waals surface area contributed by atoms with Gasteiger partial charge in [-0.05, 0) is 40.7 Å². The van der Waals surface area contributed by atoms with Crippen molar-refractivity contribution in [2.45, 2.75) is 6.54 Å². The molecule has 21 heavy (non-hydrogen) atoms. The molecule has 5 nitrogen and oxygen atoms in total. The van der Waals surface area contributed by atoms with Gasteiger partial charge in [-0.15, -0.1) is 0 Å². The number of phenols is 1. The smallest absolute Gasteiger partial charge is 0.172 e. The van der Waals surface area contributed by atoms with Crippen LogP contribution in [-0.2, 0) is 6.54 Å². The summed E-state index contributed by atoms with van der Waals surface area (Å²) in [5.74, 6) is 0.652. The number of hydrogen-bond donors (Lipinski definition) is 2. The zero-order valence-electron chi connectivity index (χ0n) is 12.7. The van der Waals surface area contributed by atoms with E-state index in [0.29, 0.717) is 10.2 Å². The van der Waals surface area contributed by atoms with Crippen LogP contribution < -0.4 is 10.1 Å². The van der Waals surface area contributed by atoms with Gasteiger partial charge in [0.2, 0.25) is 0 Å². The van der Waals surface area contributed by atoms with E-state index in [4.69, 9.17) is 4.74 Å². The molecule has 0 amide bonds. The quantitative estimate of drug-likeness (QED) is 0.755. The van der Waals surface area contributed by atoms with Crippen molar-refractivity contribution in [1.82, 2.24) is 15.1 Å². The van der Waals surface area contributed by atoms with Crippen LogP contribution in [-0.4, -0.2) is 68.3 Å². The third-order valence-electron chi connectivity index (χ3n) is 3.84. The van der Waals surface area contributed by atoms with Crippen molar-refractivity contribution >= 4 is 15.9 Å². The fourth-order valence-electron chi connectivity index (χ4n) is 2.43. The van der Waals surface area contributed by atoms with Crippen molar-refractivity contribution < 1.29 is 9.84 Å². The minimum absolute atomic E-state index is 0.152. The van der Waals surface area contributed by atoms with Crippen molar-refractivity contribution in [3.05, 3.63) is 22.2 Å². The van der Waals surface area contributed by atoms with E-state index in [1.54, 1.807) is 7.11 Å². The zero-order chi connectivity index (χ0) is 15.2. The molecular weight excluding hydrogens is 334 g/mol. The molecule has 0 saturated carbocycles. The van der Waals surface area contributed by atoms with E-state index in [1.165, 1.54) is 0 Å². The van der Waals surface area contributed by atoms with Crippen LogP contribution in [0.5, 0.6) is 11.5 Å². The highest BCUT2D eigenvalue weighted by Crippen LogP contribution is 2.35. The number of halogens is 1. The Labute approximate surface area is 135 Å². The number of rotatable bonds is 6. The monoisotopic (exact) mass is 357 g/mol. The van der Waals surface area contributed by atoms with Gasteiger partial charge in [0.15, 0.2) is 11.5 Å². The van der Waals surface area contributed by atoms with E-state index >= 15 is 0 Å². The highest BCUT2D eigenvalue weighted by Gasteiger charge is 2.13. The number of phenolic OH excluding ortho intramolecular Hbond substituents is 1. The Balaban J connectivity index is 1.75. The molecule has 0 aliphatic carbocycles. The average Bonchev–Trinajstić information content (AvgIpc) is 2.48. The Morgan fingerprint density at radius 3 is 2.67 bits per heavy atom. The van der Waals surface area contributed by atoms with Gasteiger partial charge in [-0.2, -0.15) is 0 Å². The summed E-state index contributed by atoms with van der Waals surface area (Å²) >= 11 is 3.34. The maximum atomic E-state index is 9.78. The molecule has 1 aliphatic heterocycles. The molecule has 0 unspecified atom stereocenters. The Bertz CT molecular complexity index is 462. The predicted octanol–water partition coefficient (Wildman–Crippen LogP) is 1.50. The van der Waals surface area contributed by atoms with Crippen LogP contribution in [0.15, 0.2) is 16.6 Å². The summed E-state index contributed by atoms with van der Waals surface area (Å²) in [5.41, 5.74) is 1.09. The molecule has 2 rings (SSSR count). The first-order chi connectivity index (χ1) is 10.1. The third kappa shape index (κ3) is 4.85. The molecule has 2 N–H and O–H groups in total. The molecule has 1 aliphatic rings. The van der Waals surface area contributed by atoms with Gasteiger partial charge >= 0.3 is 0 Å². The molecule has 0 aromatic heterocycles. The summed E-state index contributed by atoms with van der Waals surface area (Å²) in [7, 11) is 3.73. The number of hydrogen-bond acceptors (Lipinski definition) is 5. The SMILES string of the molecule is COc1cc(CNCCN2CCN(C)CC2)cc(Br)c1O. The molecule has 1 aromatic rings. The van der Waals surface area contributed by atoms with Gasteiger partial charge in [0, 0.05) is 45.8 Å². The van der Waals surface area contributed by atoms with Crippen molar-refractivity contribution in [3.8, 4) is 11.5 Å². The number of piperazine rings is 1. The van der Waals surface area contributed by atoms with Gasteiger partial charge in [-0.3, -0.25) is 4.90 Å². The largest absolute Gasteiger partial charge is 0.503 e. The molecule has 0 bridgehead atoms. The summed E-state index contributed by atoms with van der Waals surface area (Å²) < 4.78 is 5.82. The molecule has 1 fully saturated rings. The first kappa shape index (κ1) is 16.5. The molecule has 1 aromatic carbocycles. The average molecular weight is 358 g/mol. The van der Waals surface area contributed by atoms with Crippen LogP contribution >= 0.6 is 15.9 Å². The highest BCUT2D eigenvalue weighted by atomic mass is 79.9. The standard InChI is InChI=1S/C15H24BrN3O2/c1-18-5-7-19(8-6-18)4-3-17-11-12-9-13(16)15(20)14(10-12)21-2/h9-10,17,20H,3-8,11H2,1-2H3. The van der Waals surface area contributed by atoms with Crippen LogP contribution in [0.4, 0.5) is 0 Å². The minimum atomic E-state index is 0.152. The van der Waals surface area contributed by atoms with Gasteiger partial charge in [0.1, 0.15) is 0 Å². The topological polar surface area (TPSA) is 48.0 Å². The van der Waals surface area contributed by atoms with Gasteiger partial charge in [-0.25, -0.2) is 0 Å². The molecule has 6 heteroatoms. The zero-order valence-corrected chi connectivity index (χ0v) is 14.3. The molecule has 1 saturated heterocycles. The summed E-state index contributed by atoms with van der Waals surface area (Å²) in [6.45, 7) is 7.41. The maximum absolute atomic E-state index is 9.78. The fourth-order valence-corrected chi connectivity index (χ4v) is 2.92. The van der Waals surface area contributed by atoms with Crippen molar-refractivity contribution in [2.24, 2.45) is 0 Å². The van der Waals surface area contributed by atoms with Gasteiger partial charge in [0.25, 0.3) is 0 Å². The van der Waals surface area contributed by atoms with Crippen molar-refractivity contribution in [3.63, 3.8) is 0 Å². The summed E-state index contributed by atoms with van der Waals surface area (Å²) in [6, 6.07) is 3.78.